The van der Waals surface area contributed by atoms with Crippen molar-refractivity contribution in [2.45, 2.75) is 30.6 Å². The van der Waals surface area contributed by atoms with Crippen molar-refractivity contribution in [3.8, 4) is 28.7 Å². The normalized spacial score (nSPS) is 11.4. The molecule has 4 rings (SSSR count). The van der Waals surface area contributed by atoms with Crippen molar-refractivity contribution in [3.05, 3.63) is 65.1 Å². The second-order valence-electron chi connectivity index (χ2n) is 9.49. The summed E-state index contributed by atoms with van der Waals surface area (Å²) in [6.07, 6.45) is 4.01. The summed E-state index contributed by atoms with van der Waals surface area (Å²) in [4.78, 5) is 12.6. The first-order valence-electron chi connectivity index (χ1n) is 13.2. The van der Waals surface area contributed by atoms with Gasteiger partial charge in [-0.15, -0.1) is 0 Å². The minimum atomic E-state index is -4.09. The number of aromatic nitrogens is 2. The maximum atomic E-state index is 13.5. The van der Waals surface area contributed by atoms with E-state index in [-0.39, 0.29) is 27.8 Å². The number of ether oxygens (including phenoxy) is 4. The van der Waals surface area contributed by atoms with E-state index in [0.29, 0.717) is 41.4 Å². The molecule has 0 saturated heterocycles. The second-order valence-corrected chi connectivity index (χ2v) is 11.2. The number of unbranched alkanes of at least 4 members (excludes halogenated alkanes) is 3. The smallest absolute Gasteiger partial charge is 0.328 e. The van der Waals surface area contributed by atoms with Crippen LogP contribution in [0.2, 0.25) is 0 Å². The van der Waals surface area contributed by atoms with Gasteiger partial charge in [-0.2, -0.15) is 0 Å². The number of rotatable bonds is 14. The first kappa shape index (κ1) is 29.8. The zero-order valence-electron chi connectivity index (χ0n) is 23.7. The minimum Gasteiger partial charge on any atom is -0.493 e. The molecular formula is C29H36N4O7S. The van der Waals surface area contributed by atoms with Gasteiger partial charge in [0.05, 0.1) is 42.4 Å². The molecule has 0 unspecified atom stereocenters. The molecular weight excluding hydrogens is 548 g/mol. The summed E-state index contributed by atoms with van der Waals surface area (Å²) in [5.74, 6) is 1.94. The van der Waals surface area contributed by atoms with Crippen LogP contribution in [0.15, 0.2) is 64.3 Å². The number of anilines is 1. The Morgan fingerprint density at radius 3 is 2.20 bits per heavy atom. The molecule has 0 atom stereocenters. The first-order valence-corrected chi connectivity index (χ1v) is 14.7. The Kier molecular flexibility index (Phi) is 9.46. The third-order valence-corrected chi connectivity index (χ3v) is 8.05. The molecule has 1 heterocycles. The first-order chi connectivity index (χ1) is 19.7. The summed E-state index contributed by atoms with van der Waals surface area (Å²) >= 11 is 0. The molecule has 0 saturated carbocycles. The topological polar surface area (TPSA) is 136 Å². The fraction of sp³-hybridized carbons (Fsp3) is 0.345. The number of imidazole rings is 1. The molecule has 41 heavy (non-hydrogen) atoms. The van der Waals surface area contributed by atoms with Crippen molar-refractivity contribution >= 4 is 26.7 Å². The van der Waals surface area contributed by atoms with Gasteiger partial charge in [0.1, 0.15) is 11.5 Å². The quantitative estimate of drug-likeness (QED) is 0.208. The fourth-order valence-corrected chi connectivity index (χ4v) is 5.50. The van der Waals surface area contributed by atoms with Crippen LogP contribution >= 0.6 is 0 Å². The number of aryl methyl sites for hydroxylation is 2. The van der Waals surface area contributed by atoms with Gasteiger partial charge in [-0.05, 0) is 49.7 Å². The van der Waals surface area contributed by atoms with Gasteiger partial charge in [0.25, 0.3) is 10.0 Å². The number of nitrogens with zero attached hydrogens (tertiary/aromatic N) is 2. The number of benzene rings is 3. The van der Waals surface area contributed by atoms with Gasteiger partial charge < -0.3 is 24.7 Å². The third kappa shape index (κ3) is 6.77. The second kappa shape index (κ2) is 13.0. The number of nitrogens with two attached hydrogens (primary N) is 1. The van der Waals surface area contributed by atoms with Gasteiger partial charge in [0.15, 0.2) is 17.2 Å². The molecule has 0 aliphatic rings. The Morgan fingerprint density at radius 2 is 1.49 bits per heavy atom. The predicted octanol–water partition coefficient (Wildman–Crippen LogP) is 4.39. The highest BCUT2D eigenvalue weighted by atomic mass is 32.2. The Balaban J connectivity index is 1.66. The van der Waals surface area contributed by atoms with Crippen LogP contribution < -0.4 is 35.1 Å². The van der Waals surface area contributed by atoms with Gasteiger partial charge in [0, 0.05) is 32.3 Å². The molecule has 4 aromatic rings. The van der Waals surface area contributed by atoms with Crippen molar-refractivity contribution < 1.29 is 27.4 Å². The van der Waals surface area contributed by atoms with Gasteiger partial charge in [0.2, 0.25) is 0 Å². The molecule has 0 amide bonds. The average Bonchev–Trinajstić information content (AvgIpc) is 3.17. The highest BCUT2D eigenvalue weighted by Crippen LogP contribution is 2.37. The number of nitrogens with one attached hydrogen (secondary N) is 1. The van der Waals surface area contributed by atoms with Crippen LogP contribution in [0.25, 0.3) is 11.0 Å². The lowest BCUT2D eigenvalue weighted by atomic mass is 10.2. The molecule has 0 aliphatic heterocycles. The zero-order valence-corrected chi connectivity index (χ0v) is 24.5. The van der Waals surface area contributed by atoms with Crippen LogP contribution in [0.4, 0.5) is 5.69 Å². The van der Waals surface area contributed by atoms with Crippen molar-refractivity contribution in [2.24, 2.45) is 19.8 Å². The van der Waals surface area contributed by atoms with Gasteiger partial charge in [-0.3, -0.25) is 13.9 Å². The summed E-state index contributed by atoms with van der Waals surface area (Å²) in [5.41, 5.74) is 6.55. The summed E-state index contributed by atoms with van der Waals surface area (Å²) in [6.45, 7) is 1.25. The monoisotopic (exact) mass is 584 g/mol. The van der Waals surface area contributed by atoms with E-state index in [0.717, 1.165) is 25.7 Å². The molecule has 3 aromatic carbocycles. The Morgan fingerprint density at radius 1 is 0.805 bits per heavy atom. The van der Waals surface area contributed by atoms with Gasteiger partial charge in [-0.25, -0.2) is 13.2 Å². The van der Waals surface area contributed by atoms with Crippen LogP contribution in [0.5, 0.6) is 28.7 Å². The van der Waals surface area contributed by atoms with Crippen LogP contribution in [0.1, 0.15) is 25.7 Å². The summed E-state index contributed by atoms with van der Waals surface area (Å²) in [6, 6.07) is 14.6. The minimum absolute atomic E-state index is 0.0370. The molecule has 0 aliphatic carbocycles. The van der Waals surface area contributed by atoms with Crippen LogP contribution in [-0.2, 0) is 24.1 Å². The Hall–Kier alpha value is -4.16. The van der Waals surface area contributed by atoms with Crippen molar-refractivity contribution in [2.75, 3.05) is 32.1 Å². The number of fused-ring (bicyclic) bond motifs is 1. The Bertz CT molecular complexity index is 1680. The largest absolute Gasteiger partial charge is 0.493 e. The maximum Gasteiger partial charge on any atom is 0.328 e. The number of sulfonamides is 1. The summed E-state index contributed by atoms with van der Waals surface area (Å²) in [7, 11) is 2.07. The number of hydrogen-bond acceptors (Lipinski definition) is 8. The number of hydrogen-bond donors (Lipinski definition) is 2. The zero-order chi connectivity index (χ0) is 29.6. The molecule has 220 valence electrons. The van der Waals surface area contributed by atoms with E-state index in [1.807, 2.05) is 6.07 Å². The molecule has 0 bridgehead atoms. The average molecular weight is 585 g/mol. The highest BCUT2D eigenvalue weighted by molar-refractivity contribution is 7.92. The van der Waals surface area contributed by atoms with Crippen LogP contribution in [0, 0.1) is 0 Å². The third-order valence-electron chi connectivity index (χ3n) is 6.68. The van der Waals surface area contributed by atoms with Crippen molar-refractivity contribution in [1.29, 1.82) is 0 Å². The molecule has 0 radical (unpaired) electrons. The van der Waals surface area contributed by atoms with Gasteiger partial charge >= 0.3 is 5.69 Å². The standard InChI is InChI=1S/C29H36N4O7S/c1-32-24-18-23(31-41(35,36)22-12-13-26(37-3)28(17-22)38-4)27(19-25(24)33(2)29(32)34)40-21-11-9-10-20(16-21)39-15-8-6-5-7-14-30/h9-13,16-19,31H,5-8,14-15,30H2,1-4H3. The SMILES string of the molecule is COc1ccc(S(=O)(=O)Nc2cc3c(cc2Oc2cccc(OCCCCCCN)c2)n(C)c(=O)n3C)cc1OC. The van der Waals surface area contributed by atoms with Crippen LogP contribution in [-0.4, -0.2) is 44.9 Å². The van der Waals surface area contributed by atoms with E-state index >= 15 is 0 Å². The highest BCUT2D eigenvalue weighted by Gasteiger charge is 2.22. The van der Waals surface area contributed by atoms with Crippen molar-refractivity contribution in [1.82, 2.24) is 9.13 Å². The van der Waals surface area contributed by atoms with E-state index in [2.05, 4.69) is 4.72 Å². The lowest BCUT2D eigenvalue weighted by molar-refractivity contribution is 0.303. The molecule has 3 N–H and O–H groups in total. The molecule has 1 aromatic heterocycles. The van der Waals surface area contributed by atoms with E-state index in [1.165, 1.54) is 41.6 Å². The lowest BCUT2D eigenvalue weighted by Crippen LogP contribution is -2.19. The lowest BCUT2D eigenvalue weighted by Gasteiger charge is -2.16. The molecule has 0 spiro atoms. The fourth-order valence-electron chi connectivity index (χ4n) is 4.42. The molecule has 12 heteroatoms. The van der Waals surface area contributed by atoms with Gasteiger partial charge in [-0.1, -0.05) is 18.9 Å². The van der Waals surface area contributed by atoms with E-state index in [9.17, 15) is 13.2 Å². The van der Waals surface area contributed by atoms with Crippen LogP contribution in [0.3, 0.4) is 0 Å². The molecule has 11 nitrogen and oxygen atoms in total. The number of methoxy groups -OCH3 is 2. The van der Waals surface area contributed by atoms with E-state index < -0.39 is 10.0 Å². The summed E-state index contributed by atoms with van der Waals surface area (Å²) < 4.78 is 55.1. The maximum absolute atomic E-state index is 13.5. The Labute approximate surface area is 239 Å². The van der Waals surface area contributed by atoms with Crippen molar-refractivity contribution in [3.63, 3.8) is 0 Å². The van der Waals surface area contributed by atoms with E-state index in [4.69, 9.17) is 24.7 Å². The van der Waals surface area contributed by atoms with E-state index in [1.54, 1.807) is 44.4 Å². The molecule has 0 fully saturated rings. The predicted molar refractivity (Wildman–Crippen MR) is 158 cm³/mol. The summed E-state index contributed by atoms with van der Waals surface area (Å²) in [5, 5.41) is 0.